The molecule has 0 saturated carbocycles. The van der Waals surface area contributed by atoms with Crippen molar-refractivity contribution in [3.63, 3.8) is 0 Å². The molecule has 1 N–H and O–H groups in total. The van der Waals surface area contributed by atoms with Crippen LogP contribution in [-0.2, 0) is 9.53 Å². The van der Waals surface area contributed by atoms with Crippen LogP contribution in [0.4, 0.5) is 0 Å². The molecule has 0 saturated heterocycles. The number of phenolic OH excluding ortho intramolecular Hbond substituents is 1. The Morgan fingerprint density at radius 1 is 1.29 bits per heavy atom. The van der Waals surface area contributed by atoms with Crippen molar-refractivity contribution in [2.45, 2.75) is 46.0 Å². The maximum Gasteiger partial charge on any atom is 0.341 e. The predicted molar refractivity (Wildman–Crippen MR) is 95.3 cm³/mol. The van der Waals surface area contributed by atoms with Gasteiger partial charge in [-0.3, -0.25) is 4.79 Å². The number of halogens is 1. The van der Waals surface area contributed by atoms with Crippen LogP contribution < -0.4 is 0 Å². The smallest absolute Gasteiger partial charge is 0.341 e. The number of esters is 1. The number of para-hydroxylation sites is 1. The average Bonchev–Trinajstić information content (AvgIpc) is 2.57. The number of carbonyl (C=O) groups is 2. The zero-order valence-electron chi connectivity index (χ0n) is 14.3. The second-order valence-corrected chi connectivity index (χ2v) is 6.18. The van der Waals surface area contributed by atoms with Gasteiger partial charge in [0.1, 0.15) is 11.3 Å². The Morgan fingerprint density at radius 2 is 2.00 bits per heavy atom. The van der Waals surface area contributed by atoms with E-state index in [1.165, 1.54) is 6.07 Å². The van der Waals surface area contributed by atoms with Crippen LogP contribution in [0.1, 0.15) is 56.3 Å². The zero-order chi connectivity index (χ0) is 17.9. The largest absolute Gasteiger partial charge is 0.507 e. The van der Waals surface area contributed by atoms with E-state index in [0.29, 0.717) is 18.1 Å². The van der Waals surface area contributed by atoms with E-state index in [-0.39, 0.29) is 11.3 Å². The van der Waals surface area contributed by atoms with Crippen molar-refractivity contribution in [2.75, 3.05) is 6.61 Å². The summed E-state index contributed by atoms with van der Waals surface area (Å²) in [5.41, 5.74) is 0.777. The van der Waals surface area contributed by atoms with Gasteiger partial charge in [0.05, 0.1) is 6.61 Å². The van der Waals surface area contributed by atoms with Crippen molar-refractivity contribution in [3.8, 4) is 5.75 Å². The summed E-state index contributed by atoms with van der Waals surface area (Å²) in [6.45, 7) is 4.12. The number of ether oxygens (including phenoxy) is 1. The van der Waals surface area contributed by atoms with Gasteiger partial charge in [-0.25, -0.2) is 4.79 Å². The molecular formula is C19H25ClO4. The molecule has 1 atom stereocenters. The Kier molecular flexibility index (Phi) is 9.16. The quantitative estimate of drug-likeness (QED) is 0.283. The number of unbranched alkanes of at least 4 members (excludes halogenated alkanes) is 2. The number of hydrogen-bond donors (Lipinski definition) is 1. The van der Waals surface area contributed by atoms with Crippen molar-refractivity contribution >= 4 is 22.8 Å². The van der Waals surface area contributed by atoms with Gasteiger partial charge in [-0.1, -0.05) is 38.0 Å². The van der Waals surface area contributed by atoms with Crippen LogP contribution in [0.15, 0.2) is 35.9 Å². The van der Waals surface area contributed by atoms with Gasteiger partial charge in [-0.05, 0) is 55.8 Å². The Morgan fingerprint density at radius 3 is 2.62 bits per heavy atom. The van der Waals surface area contributed by atoms with Crippen LogP contribution in [0.25, 0.3) is 0 Å². The minimum absolute atomic E-state index is 0.0634. The van der Waals surface area contributed by atoms with Crippen molar-refractivity contribution in [1.29, 1.82) is 0 Å². The lowest BCUT2D eigenvalue weighted by Gasteiger charge is -2.15. The molecule has 0 aliphatic carbocycles. The monoisotopic (exact) mass is 352 g/mol. The van der Waals surface area contributed by atoms with Crippen molar-refractivity contribution < 1.29 is 19.4 Å². The first-order chi connectivity index (χ1) is 11.5. The van der Waals surface area contributed by atoms with E-state index in [2.05, 4.69) is 6.92 Å². The number of phenols is 1. The number of hydrogen-bond acceptors (Lipinski definition) is 4. The molecule has 1 unspecified atom stereocenters. The van der Waals surface area contributed by atoms with Gasteiger partial charge >= 0.3 is 5.97 Å². The normalized spacial score (nSPS) is 12.7. The first kappa shape index (κ1) is 20.2. The molecule has 1 aromatic rings. The third kappa shape index (κ3) is 7.18. The van der Waals surface area contributed by atoms with E-state index in [9.17, 15) is 14.7 Å². The van der Waals surface area contributed by atoms with Gasteiger partial charge in [0, 0.05) is 5.57 Å². The molecule has 0 amide bonds. The predicted octanol–water partition coefficient (Wildman–Crippen LogP) is 4.85. The van der Waals surface area contributed by atoms with Gasteiger partial charge in [0.25, 0.3) is 0 Å². The summed E-state index contributed by atoms with van der Waals surface area (Å²) in [4.78, 5) is 22.8. The van der Waals surface area contributed by atoms with Gasteiger partial charge in [-0.15, -0.1) is 0 Å². The minimum atomic E-state index is -0.495. The Hall–Kier alpha value is -1.81. The highest BCUT2D eigenvalue weighted by Gasteiger charge is 2.14. The first-order valence-corrected chi connectivity index (χ1v) is 8.65. The third-order valence-corrected chi connectivity index (χ3v) is 4.28. The summed E-state index contributed by atoms with van der Waals surface area (Å²) < 4.78 is 5.32. The van der Waals surface area contributed by atoms with Crippen molar-refractivity contribution in [3.05, 3.63) is 41.5 Å². The number of rotatable bonds is 10. The summed E-state index contributed by atoms with van der Waals surface area (Å²) in [5.74, 6) is -0.267. The highest BCUT2D eigenvalue weighted by Crippen LogP contribution is 2.19. The topological polar surface area (TPSA) is 63.6 Å². The van der Waals surface area contributed by atoms with Crippen LogP contribution in [0, 0.1) is 5.92 Å². The van der Waals surface area contributed by atoms with Gasteiger partial charge in [-0.2, -0.15) is 0 Å². The maximum atomic E-state index is 12.0. The lowest BCUT2D eigenvalue weighted by atomic mass is 9.99. The number of allylic oxidation sites excluding steroid dienone is 2. The summed E-state index contributed by atoms with van der Waals surface area (Å²) in [7, 11) is 0. The van der Waals surface area contributed by atoms with Crippen LogP contribution >= 0.6 is 11.6 Å². The Bertz CT molecular complexity index is 580. The fourth-order valence-electron chi connectivity index (χ4n) is 2.30. The van der Waals surface area contributed by atoms with E-state index >= 15 is 0 Å². The molecule has 0 aliphatic heterocycles. The molecule has 5 heteroatoms. The molecule has 0 heterocycles. The Labute approximate surface area is 148 Å². The van der Waals surface area contributed by atoms with Crippen molar-refractivity contribution in [1.82, 2.24) is 0 Å². The number of benzene rings is 1. The minimum Gasteiger partial charge on any atom is -0.507 e. The molecule has 132 valence electrons. The van der Waals surface area contributed by atoms with E-state index < -0.39 is 11.2 Å². The fraction of sp³-hybridized carbons (Fsp3) is 0.474. The molecule has 1 rings (SSSR count). The summed E-state index contributed by atoms with van der Waals surface area (Å²) in [6, 6.07) is 6.37. The third-order valence-electron chi connectivity index (χ3n) is 3.98. The molecular weight excluding hydrogens is 328 g/mol. The summed E-state index contributed by atoms with van der Waals surface area (Å²) >= 11 is 5.37. The number of aromatic hydroxyl groups is 1. The lowest BCUT2D eigenvalue weighted by molar-refractivity contribution is -0.108. The van der Waals surface area contributed by atoms with E-state index in [4.69, 9.17) is 16.3 Å². The molecule has 0 bridgehead atoms. The first-order valence-electron chi connectivity index (χ1n) is 8.27. The van der Waals surface area contributed by atoms with Crippen LogP contribution in [0.2, 0.25) is 0 Å². The molecule has 0 fully saturated rings. The average molecular weight is 353 g/mol. The second-order valence-electron chi connectivity index (χ2n) is 5.84. The fourth-order valence-corrected chi connectivity index (χ4v) is 2.38. The molecule has 0 radical (unpaired) electrons. The lowest BCUT2D eigenvalue weighted by Crippen LogP contribution is -2.14. The Balaban J connectivity index is 2.32. The van der Waals surface area contributed by atoms with Crippen LogP contribution in [0.3, 0.4) is 0 Å². The van der Waals surface area contributed by atoms with Gasteiger partial charge in [0.15, 0.2) is 0 Å². The standard InChI is InChI=1S/C19H25ClO4/c1-3-15(10-6-4-5-9-14(2)18(20)22)13-24-19(23)16-11-7-8-12-17(16)21/h7-9,11-12,15,21H,3-6,10,13H2,1-2H3/b14-9-. The molecule has 1 aromatic carbocycles. The van der Waals surface area contributed by atoms with Gasteiger partial charge < -0.3 is 9.84 Å². The highest BCUT2D eigenvalue weighted by atomic mass is 35.5. The summed E-state index contributed by atoms with van der Waals surface area (Å²) in [5, 5.41) is 9.24. The van der Waals surface area contributed by atoms with Crippen molar-refractivity contribution in [2.24, 2.45) is 5.92 Å². The molecule has 24 heavy (non-hydrogen) atoms. The van der Waals surface area contributed by atoms with Crippen LogP contribution in [-0.4, -0.2) is 22.9 Å². The molecule has 4 nitrogen and oxygen atoms in total. The van der Waals surface area contributed by atoms with E-state index in [0.717, 1.165) is 32.1 Å². The molecule has 0 aliphatic rings. The van der Waals surface area contributed by atoms with E-state index in [1.807, 2.05) is 6.08 Å². The van der Waals surface area contributed by atoms with E-state index in [1.54, 1.807) is 25.1 Å². The zero-order valence-corrected chi connectivity index (χ0v) is 15.0. The highest BCUT2D eigenvalue weighted by molar-refractivity contribution is 6.67. The second kappa shape index (κ2) is 10.9. The molecule has 0 spiro atoms. The number of carbonyl (C=O) groups excluding carboxylic acids is 2. The van der Waals surface area contributed by atoms with Crippen LogP contribution in [0.5, 0.6) is 5.75 Å². The SMILES string of the molecule is CCC(CCCC/C=C(/C)C(=O)Cl)COC(=O)c1ccccc1O. The summed E-state index contributed by atoms with van der Waals surface area (Å²) in [6.07, 6.45) is 6.50. The van der Waals surface area contributed by atoms with Gasteiger partial charge in [0.2, 0.25) is 5.24 Å². The maximum absolute atomic E-state index is 12.0. The molecule has 0 aromatic heterocycles.